The fraction of sp³-hybridized carbons (Fsp3) is 0.300. The Morgan fingerprint density at radius 2 is 1.94 bits per heavy atom. The van der Waals surface area contributed by atoms with E-state index < -0.39 is 10.3 Å². The van der Waals surface area contributed by atoms with Gasteiger partial charge in [-0.25, -0.2) is 0 Å². The number of benzene rings is 1. The number of alkyl halides is 4. The third-order valence-electron chi connectivity index (χ3n) is 1.77. The average Bonchev–Trinajstić information content (AvgIpc) is 2.15. The van der Waals surface area contributed by atoms with Crippen LogP contribution in [0.1, 0.15) is 17.3 Å². The summed E-state index contributed by atoms with van der Waals surface area (Å²) in [5, 5.41) is 0. The Morgan fingerprint density at radius 1 is 1.38 bits per heavy atom. The quantitative estimate of drug-likeness (QED) is 0.610. The maximum Gasteiger partial charge on any atom is 0.446 e. The lowest BCUT2D eigenvalue weighted by molar-refractivity contribution is -0.116. The van der Waals surface area contributed by atoms with E-state index in [1.54, 1.807) is 6.07 Å². The summed E-state index contributed by atoms with van der Waals surface area (Å²) in [7, 11) is 0. The first kappa shape index (κ1) is 13.6. The first-order valence-corrected chi connectivity index (χ1v) is 6.03. The molecule has 0 heterocycles. The van der Waals surface area contributed by atoms with Crippen LogP contribution in [0.3, 0.4) is 0 Å². The van der Waals surface area contributed by atoms with Crippen molar-refractivity contribution < 1.29 is 18.0 Å². The van der Waals surface area contributed by atoms with Gasteiger partial charge in [0, 0.05) is 4.90 Å². The zero-order valence-electron chi connectivity index (χ0n) is 8.22. The van der Waals surface area contributed by atoms with Crippen LogP contribution in [0, 0.1) is 0 Å². The summed E-state index contributed by atoms with van der Waals surface area (Å²) < 4.78 is 36.7. The monoisotopic (exact) mass is 312 g/mol. The highest BCUT2D eigenvalue weighted by Gasteiger charge is 2.31. The number of rotatable bonds is 3. The molecule has 0 aromatic heterocycles. The van der Waals surface area contributed by atoms with E-state index in [0.717, 1.165) is 0 Å². The van der Waals surface area contributed by atoms with E-state index >= 15 is 0 Å². The van der Waals surface area contributed by atoms with Gasteiger partial charge in [-0.15, -0.1) is 0 Å². The fourth-order valence-electron chi connectivity index (χ4n) is 1.13. The summed E-state index contributed by atoms with van der Waals surface area (Å²) in [6.45, 7) is 1.33. The molecule has 16 heavy (non-hydrogen) atoms. The molecule has 0 aliphatic carbocycles. The minimum Gasteiger partial charge on any atom is -0.298 e. The molecule has 0 fully saturated rings. The standard InChI is InChI=1S/C10H8BrF3OS/c1-6(15)9(11)7-4-2-3-5-8(7)16-10(12,13)14/h2-5,9H,1H3. The molecule has 0 bridgehead atoms. The van der Waals surface area contributed by atoms with Crippen molar-refractivity contribution in [1.82, 2.24) is 0 Å². The number of Topliss-reactive ketones (excluding diaryl/α,β-unsaturated/α-hetero) is 1. The van der Waals surface area contributed by atoms with Crippen LogP contribution in [0.4, 0.5) is 13.2 Å². The molecule has 0 aliphatic rings. The lowest BCUT2D eigenvalue weighted by atomic mass is 10.1. The number of carbonyl (C=O) groups excluding carboxylic acids is 1. The van der Waals surface area contributed by atoms with Crippen molar-refractivity contribution in [2.24, 2.45) is 0 Å². The number of thioether (sulfide) groups is 1. The highest BCUT2D eigenvalue weighted by Crippen LogP contribution is 2.41. The van der Waals surface area contributed by atoms with Crippen LogP contribution in [-0.4, -0.2) is 11.3 Å². The fourth-order valence-corrected chi connectivity index (χ4v) is 2.38. The average molecular weight is 313 g/mol. The zero-order chi connectivity index (χ0) is 12.3. The zero-order valence-corrected chi connectivity index (χ0v) is 10.6. The van der Waals surface area contributed by atoms with Gasteiger partial charge in [-0.2, -0.15) is 13.2 Å². The van der Waals surface area contributed by atoms with E-state index in [2.05, 4.69) is 15.9 Å². The van der Waals surface area contributed by atoms with Crippen LogP contribution in [0.15, 0.2) is 29.2 Å². The highest BCUT2D eigenvalue weighted by molar-refractivity contribution is 9.09. The summed E-state index contributed by atoms with van der Waals surface area (Å²) in [4.78, 5) is 10.5. The Balaban J connectivity index is 3.05. The van der Waals surface area contributed by atoms with Gasteiger partial charge in [0.15, 0.2) is 0 Å². The van der Waals surface area contributed by atoms with Crippen molar-refractivity contribution in [2.45, 2.75) is 22.2 Å². The van der Waals surface area contributed by atoms with Gasteiger partial charge in [0.25, 0.3) is 0 Å². The third kappa shape index (κ3) is 3.83. The molecule has 88 valence electrons. The van der Waals surface area contributed by atoms with Gasteiger partial charge in [0.05, 0.1) is 4.83 Å². The Labute approximate surface area is 104 Å². The molecule has 1 nitrogen and oxygen atoms in total. The van der Waals surface area contributed by atoms with Crippen molar-refractivity contribution in [3.05, 3.63) is 29.8 Å². The summed E-state index contributed by atoms with van der Waals surface area (Å²) >= 11 is 2.87. The Kier molecular flexibility index (Phi) is 4.43. The van der Waals surface area contributed by atoms with Gasteiger partial charge < -0.3 is 0 Å². The van der Waals surface area contributed by atoms with E-state index in [0.29, 0.717) is 5.56 Å². The minimum atomic E-state index is -4.35. The Morgan fingerprint density at radius 3 is 2.44 bits per heavy atom. The molecule has 1 atom stereocenters. The van der Waals surface area contributed by atoms with Crippen LogP contribution < -0.4 is 0 Å². The highest BCUT2D eigenvalue weighted by atomic mass is 79.9. The minimum absolute atomic E-state index is 0.0482. The van der Waals surface area contributed by atoms with Crippen LogP contribution in [0.25, 0.3) is 0 Å². The number of hydrogen-bond acceptors (Lipinski definition) is 2. The van der Waals surface area contributed by atoms with Crippen molar-refractivity contribution in [3.63, 3.8) is 0 Å². The SMILES string of the molecule is CC(=O)C(Br)c1ccccc1SC(F)(F)F. The molecule has 1 rings (SSSR count). The number of halogens is 4. The number of ketones is 1. The molecule has 0 amide bonds. The smallest absolute Gasteiger partial charge is 0.298 e. The second-order valence-corrected chi connectivity index (χ2v) is 5.08. The summed E-state index contributed by atoms with van der Waals surface area (Å²) in [6, 6.07) is 5.98. The molecule has 0 radical (unpaired) electrons. The topological polar surface area (TPSA) is 17.1 Å². The number of hydrogen-bond donors (Lipinski definition) is 0. The molecule has 0 saturated carbocycles. The van der Waals surface area contributed by atoms with Gasteiger partial charge in [0.1, 0.15) is 5.78 Å². The molecule has 0 aliphatic heterocycles. The molecule has 1 aromatic carbocycles. The maximum atomic E-state index is 12.2. The van der Waals surface area contributed by atoms with Crippen LogP contribution in [-0.2, 0) is 4.79 Å². The second-order valence-electron chi connectivity index (χ2n) is 3.06. The van der Waals surface area contributed by atoms with Gasteiger partial charge in [-0.1, -0.05) is 34.1 Å². The Hall–Kier alpha value is -0.490. The molecule has 1 aromatic rings. The summed E-state index contributed by atoms with van der Waals surface area (Å²) in [5.41, 5.74) is -4.00. The summed E-state index contributed by atoms with van der Waals surface area (Å²) in [6.07, 6.45) is 0. The third-order valence-corrected chi connectivity index (χ3v) is 3.74. The van der Waals surface area contributed by atoms with E-state index in [9.17, 15) is 18.0 Å². The van der Waals surface area contributed by atoms with Gasteiger partial charge >= 0.3 is 5.51 Å². The second kappa shape index (κ2) is 5.23. The van der Waals surface area contributed by atoms with Crippen LogP contribution in [0.5, 0.6) is 0 Å². The maximum absolute atomic E-state index is 12.2. The van der Waals surface area contributed by atoms with Crippen molar-refractivity contribution >= 4 is 33.5 Å². The van der Waals surface area contributed by atoms with Gasteiger partial charge in [0.2, 0.25) is 0 Å². The molecule has 0 saturated heterocycles. The van der Waals surface area contributed by atoms with Gasteiger partial charge in [-0.3, -0.25) is 4.79 Å². The predicted molar refractivity (Wildman–Crippen MR) is 60.7 cm³/mol. The van der Waals surface area contributed by atoms with Crippen LogP contribution in [0.2, 0.25) is 0 Å². The normalized spacial score (nSPS) is 13.6. The molecular weight excluding hydrogens is 305 g/mol. The lowest BCUT2D eigenvalue weighted by Gasteiger charge is -2.13. The van der Waals surface area contributed by atoms with E-state index in [4.69, 9.17) is 0 Å². The largest absolute Gasteiger partial charge is 0.446 e. The summed E-state index contributed by atoms with van der Waals surface area (Å²) in [5.74, 6) is -0.227. The molecule has 0 N–H and O–H groups in total. The van der Waals surface area contributed by atoms with E-state index in [1.807, 2.05) is 0 Å². The molecule has 1 unspecified atom stereocenters. The Bertz CT molecular complexity index is 392. The van der Waals surface area contributed by atoms with Crippen molar-refractivity contribution in [2.75, 3.05) is 0 Å². The molecular formula is C10H8BrF3OS. The first-order chi connectivity index (χ1) is 7.31. The van der Waals surface area contributed by atoms with E-state index in [-0.39, 0.29) is 22.4 Å². The van der Waals surface area contributed by atoms with E-state index in [1.165, 1.54) is 25.1 Å². The van der Waals surface area contributed by atoms with Crippen LogP contribution >= 0.6 is 27.7 Å². The molecule has 0 spiro atoms. The van der Waals surface area contributed by atoms with Crippen molar-refractivity contribution in [3.8, 4) is 0 Å². The van der Waals surface area contributed by atoms with Crippen molar-refractivity contribution in [1.29, 1.82) is 0 Å². The van der Waals surface area contributed by atoms with Gasteiger partial charge in [-0.05, 0) is 30.3 Å². The number of carbonyl (C=O) groups is 1. The first-order valence-electron chi connectivity index (χ1n) is 4.30. The predicted octanol–water partition coefficient (Wildman–Crippen LogP) is 4.32. The molecule has 6 heteroatoms. The lowest BCUT2D eigenvalue weighted by Crippen LogP contribution is -2.05.